The van der Waals surface area contributed by atoms with Gasteiger partial charge in [-0.2, -0.15) is 0 Å². The van der Waals surface area contributed by atoms with Gasteiger partial charge >= 0.3 is 0 Å². The van der Waals surface area contributed by atoms with Crippen molar-refractivity contribution in [1.29, 1.82) is 0 Å². The fraction of sp³-hybridized carbons (Fsp3) is 0.455. The van der Waals surface area contributed by atoms with Gasteiger partial charge in [-0.1, -0.05) is 13.3 Å². The minimum absolute atomic E-state index is 0.0660. The molecule has 0 fully saturated rings. The summed E-state index contributed by atoms with van der Waals surface area (Å²) in [7, 11) is -1.47. The molecule has 0 amide bonds. The van der Waals surface area contributed by atoms with Gasteiger partial charge in [0.15, 0.2) is 5.82 Å². The summed E-state index contributed by atoms with van der Waals surface area (Å²) in [4.78, 5) is 9.21. The molecule has 2 heterocycles. The van der Waals surface area contributed by atoms with E-state index in [1.165, 1.54) is 6.07 Å². The van der Waals surface area contributed by atoms with E-state index >= 15 is 0 Å². The summed E-state index contributed by atoms with van der Waals surface area (Å²) in [6.07, 6.45) is 4.27. The summed E-state index contributed by atoms with van der Waals surface area (Å²) < 4.78 is 41.3. The van der Waals surface area contributed by atoms with Crippen molar-refractivity contribution in [3.05, 3.63) is 46.9 Å². The number of halogens is 2. The van der Waals surface area contributed by atoms with Gasteiger partial charge in [-0.15, -0.1) is 0 Å². The van der Waals surface area contributed by atoms with Gasteiger partial charge in [0.05, 0.1) is 21.2 Å². The summed E-state index contributed by atoms with van der Waals surface area (Å²) in [5.74, 6) is 0.404. The van der Waals surface area contributed by atoms with E-state index in [-0.39, 0.29) is 4.90 Å². The number of pyridine rings is 1. The molecule has 2 N–H and O–H groups in total. The van der Waals surface area contributed by atoms with Crippen molar-refractivity contribution in [2.24, 2.45) is 0 Å². The van der Waals surface area contributed by atoms with Gasteiger partial charge in [0.25, 0.3) is 0 Å². The number of benzene rings is 1. The first-order valence-corrected chi connectivity index (χ1v) is 11.6. The van der Waals surface area contributed by atoms with E-state index in [0.29, 0.717) is 18.0 Å². The van der Waals surface area contributed by atoms with Crippen molar-refractivity contribution in [1.82, 2.24) is 14.5 Å². The molecule has 0 aliphatic heterocycles. The van der Waals surface area contributed by atoms with E-state index in [9.17, 15) is 13.0 Å². The zero-order valence-corrected chi connectivity index (χ0v) is 18.5. The fourth-order valence-corrected chi connectivity index (χ4v) is 4.83. The lowest BCUT2D eigenvalue weighted by molar-refractivity contribution is 0.561. The average Bonchev–Trinajstić information content (AvgIpc) is 3.05. The summed E-state index contributed by atoms with van der Waals surface area (Å²) in [6, 6.07) is 3.18. The van der Waals surface area contributed by atoms with Crippen molar-refractivity contribution in [2.75, 3.05) is 11.5 Å². The molecule has 3 aromatic rings. The highest BCUT2D eigenvalue weighted by Crippen LogP contribution is 2.27. The SMILES string of the molecule is CCCc1nc2c(N)nc(C)c(C)c2n1CCCCCS(=O)c1ccc(F)cc1F. The van der Waals surface area contributed by atoms with Gasteiger partial charge in [0.2, 0.25) is 0 Å². The number of anilines is 1. The molecular weight excluding hydrogens is 406 g/mol. The highest BCUT2D eigenvalue weighted by molar-refractivity contribution is 7.85. The number of aromatic nitrogens is 3. The number of unbranched alkanes of at least 4 members (excludes halogenated alkanes) is 2. The van der Waals surface area contributed by atoms with Gasteiger partial charge in [-0.3, -0.25) is 4.21 Å². The van der Waals surface area contributed by atoms with E-state index in [4.69, 9.17) is 10.7 Å². The van der Waals surface area contributed by atoms with Crippen LogP contribution in [0.15, 0.2) is 23.1 Å². The summed E-state index contributed by atoms with van der Waals surface area (Å²) in [6.45, 7) is 6.89. The molecular formula is C22H28F2N4OS. The summed E-state index contributed by atoms with van der Waals surface area (Å²) in [5.41, 5.74) is 9.91. The number of hydrogen-bond acceptors (Lipinski definition) is 4. The number of nitrogen functional groups attached to an aromatic ring is 1. The van der Waals surface area contributed by atoms with Crippen molar-refractivity contribution in [3.8, 4) is 0 Å². The summed E-state index contributed by atoms with van der Waals surface area (Å²) >= 11 is 0. The molecule has 0 radical (unpaired) electrons. The largest absolute Gasteiger partial charge is 0.382 e. The zero-order chi connectivity index (χ0) is 21.8. The van der Waals surface area contributed by atoms with Gasteiger partial charge in [-0.05, 0) is 50.8 Å². The Morgan fingerprint density at radius 2 is 1.90 bits per heavy atom. The number of imidazole rings is 1. The first kappa shape index (κ1) is 22.3. The lowest BCUT2D eigenvalue weighted by atomic mass is 10.2. The Morgan fingerprint density at radius 1 is 1.13 bits per heavy atom. The number of fused-ring (bicyclic) bond motifs is 1. The predicted molar refractivity (Wildman–Crippen MR) is 117 cm³/mol. The van der Waals surface area contributed by atoms with Crippen LogP contribution in [-0.4, -0.2) is 24.5 Å². The van der Waals surface area contributed by atoms with Gasteiger partial charge < -0.3 is 10.3 Å². The molecule has 0 aliphatic carbocycles. The second-order valence-corrected chi connectivity index (χ2v) is 9.06. The van der Waals surface area contributed by atoms with Gasteiger partial charge in [0, 0.05) is 30.5 Å². The molecule has 0 saturated heterocycles. The van der Waals surface area contributed by atoms with E-state index in [0.717, 1.165) is 72.5 Å². The highest BCUT2D eigenvalue weighted by Gasteiger charge is 2.17. The van der Waals surface area contributed by atoms with Crippen molar-refractivity contribution >= 4 is 27.7 Å². The Hall–Kier alpha value is -2.35. The molecule has 30 heavy (non-hydrogen) atoms. The Labute approximate surface area is 178 Å². The van der Waals surface area contributed by atoms with Crippen LogP contribution in [0.2, 0.25) is 0 Å². The number of nitrogens with two attached hydrogens (primary N) is 1. The third-order valence-electron chi connectivity index (χ3n) is 5.30. The molecule has 2 aromatic heterocycles. The highest BCUT2D eigenvalue weighted by atomic mass is 32.2. The second-order valence-electron chi connectivity index (χ2n) is 7.52. The third-order valence-corrected chi connectivity index (χ3v) is 6.78. The second kappa shape index (κ2) is 9.64. The summed E-state index contributed by atoms with van der Waals surface area (Å²) in [5, 5.41) is 0. The predicted octanol–water partition coefficient (Wildman–Crippen LogP) is 4.84. The first-order valence-electron chi connectivity index (χ1n) is 10.3. The van der Waals surface area contributed by atoms with Crippen LogP contribution in [0.1, 0.15) is 49.7 Å². The molecule has 5 nitrogen and oxygen atoms in total. The average molecular weight is 435 g/mol. The maximum absolute atomic E-state index is 13.8. The van der Waals surface area contributed by atoms with E-state index in [2.05, 4.69) is 16.5 Å². The molecule has 3 rings (SSSR count). The maximum Gasteiger partial charge on any atom is 0.151 e. The Kier molecular flexibility index (Phi) is 7.18. The third kappa shape index (κ3) is 4.69. The van der Waals surface area contributed by atoms with Crippen LogP contribution in [0.5, 0.6) is 0 Å². The van der Waals surface area contributed by atoms with Crippen LogP contribution in [0, 0.1) is 25.5 Å². The van der Waals surface area contributed by atoms with Gasteiger partial charge in [-0.25, -0.2) is 18.7 Å². The maximum atomic E-state index is 13.8. The van der Waals surface area contributed by atoms with Gasteiger partial charge in [0.1, 0.15) is 23.0 Å². The molecule has 0 bridgehead atoms. The van der Waals surface area contributed by atoms with Crippen molar-refractivity contribution in [2.45, 2.75) is 64.3 Å². The normalized spacial score (nSPS) is 12.6. The molecule has 0 spiro atoms. The van der Waals surface area contributed by atoms with Crippen LogP contribution in [0.4, 0.5) is 14.6 Å². The minimum atomic E-state index is -1.47. The fourth-order valence-electron chi connectivity index (χ4n) is 3.65. The molecule has 0 saturated carbocycles. The molecule has 1 aromatic carbocycles. The lowest BCUT2D eigenvalue weighted by Gasteiger charge is -2.11. The van der Waals surface area contributed by atoms with E-state index < -0.39 is 22.4 Å². The Balaban J connectivity index is 1.66. The molecule has 162 valence electrons. The van der Waals surface area contributed by atoms with Crippen LogP contribution < -0.4 is 5.73 Å². The Morgan fingerprint density at radius 3 is 2.60 bits per heavy atom. The van der Waals surface area contributed by atoms with Crippen LogP contribution in [-0.2, 0) is 23.8 Å². The van der Waals surface area contributed by atoms with Crippen LogP contribution >= 0.6 is 0 Å². The van der Waals surface area contributed by atoms with E-state index in [1.54, 1.807) is 0 Å². The minimum Gasteiger partial charge on any atom is -0.382 e. The van der Waals surface area contributed by atoms with Crippen LogP contribution in [0.25, 0.3) is 11.0 Å². The topological polar surface area (TPSA) is 73.8 Å². The number of nitrogens with zero attached hydrogens (tertiary/aromatic N) is 3. The molecule has 1 unspecified atom stereocenters. The molecule has 1 atom stereocenters. The number of rotatable bonds is 9. The molecule has 8 heteroatoms. The number of hydrogen-bond donors (Lipinski definition) is 1. The van der Waals surface area contributed by atoms with E-state index in [1.807, 2.05) is 13.8 Å². The smallest absolute Gasteiger partial charge is 0.151 e. The standard InChI is InChI=1S/C22H28F2N4OS/c1-4-8-19-27-20-21(14(2)15(3)26-22(20)25)28(19)11-6-5-7-12-30(29)18-10-9-16(23)13-17(18)24/h9-10,13H,4-8,11-12H2,1-3H3,(H2,25,26). The first-order chi connectivity index (χ1) is 14.3. The molecule has 0 aliphatic rings. The quantitative estimate of drug-likeness (QED) is 0.489. The Bertz CT molecular complexity index is 1080. The lowest BCUT2D eigenvalue weighted by Crippen LogP contribution is -2.07. The van der Waals surface area contributed by atoms with Crippen molar-refractivity contribution < 1.29 is 13.0 Å². The zero-order valence-electron chi connectivity index (χ0n) is 17.7. The van der Waals surface area contributed by atoms with Crippen LogP contribution in [0.3, 0.4) is 0 Å². The number of aryl methyl sites for hydroxylation is 4. The van der Waals surface area contributed by atoms with Crippen molar-refractivity contribution in [3.63, 3.8) is 0 Å². The monoisotopic (exact) mass is 434 g/mol.